The molecule has 31 radical (unpaired) electrons. The number of hydrogen-bond acceptors (Lipinski definition) is 0. The van der Waals surface area contributed by atoms with Gasteiger partial charge in [0.15, 0.2) is 0 Å². The first-order valence-corrected chi connectivity index (χ1v) is 6.73. The smallest absolute Gasteiger partial charge is 0 e. The molecule has 0 nitrogen and oxygen atoms in total. The Kier molecular flexibility index (Phi) is 474. The van der Waals surface area contributed by atoms with Crippen LogP contribution >= 0.6 is 0 Å². The minimum Gasteiger partial charge on any atom is -0.218 e. The van der Waals surface area contributed by atoms with Crippen molar-refractivity contribution >= 4 is 21.5 Å². The predicted octanol–water partition coefficient (Wildman–Crippen LogP) is 5.18. The van der Waals surface area contributed by atoms with E-state index in [1.807, 2.05) is 12.1 Å². The maximum absolute atomic E-state index is 3.39. The second-order valence-electron chi connectivity index (χ2n) is 4.88. The fourth-order valence-corrected chi connectivity index (χ4v) is 2.74. The van der Waals surface area contributed by atoms with E-state index in [9.17, 15) is 0 Å². The van der Waals surface area contributed by atoms with Crippen molar-refractivity contribution in [3.05, 3.63) is 84.9 Å². The van der Waals surface area contributed by atoms with Crippen LogP contribution < -0.4 is 0 Å². The molecule has 0 spiro atoms. The van der Waals surface area contributed by atoms with Crippen molar-refractivity contribution in [3.8, 4) is 11.1 Å². The maximum Gasteiger partial charge on any atom is 0 e. The van der Waals surface area contributed by atoms with E-state index in [1.54, 1.807) is 0 Å². The van der Waals surface area contributed by atoms with Gasteiger partial charge in [0.2, 0.25) is 0 Å². The van der Waals surface area contributed by atoms with Gasteiger partial charge in [-0.2, -0.15) is 24.3 Å². The quantitative estimate of drug-likeness (QED) is 0.231. The van der Waals surface area contributed by atoms with Gasteiger partial charge in [-0.1, -0.05) is 36.4 Å². The van der Waals surface area contributed by atoms with Crippen molar-refractivity contribution in [2.75, 3.05) is 0 Å². The van der Waals surface area contributed by atoms with Gasteiger partial charge in [0.25, 0.3) is 0 Å². The van der Waals surface area contributed by atoms with Crippen molar-refractivity contribution in [3.63, 3.8) is 0 Å². The van der Waals surface area contributed by atoms with E-state index in [1.165, 1.54) is 21.5 Å². The molecule has 4 rings (SSSR count). The summed E-state index contributed by atoms with van der Waals surface area (Å²) in [5.74, 6) is 0. The van der Waals surface area contributed by atoms with Crippen molar-refractivity contribution in [1.29, 1.82) is 0 Å². The average molecular weight is 3010 g/mol. The van der Waals surface area contributed by atoms with Crippen molar-refractivity contribution < 1.29 is 1010 Å². The molecular formula is C20H12Y31-2. The summed E-state index contributed by atoms with van der Waals surface area (Å²) in [6.45, 7) is 0. The van der Waals surface area contributed by atoms with Crippen LogP contribution in [0.2, 0.25) is 0 Å². The standard InChI is InChI=1S/C20H12.31Y/c1-3-11-17-15(7-1)9-5-13-19(17)20-14-6-10-16-8-2-4-12-18(16)20;;;;;;;;;;;;;;;;;;;;;;;;;;;;;;;/h1-12H;;;;;;;;;;;;;;;;;;;;;;;;;;;;;;;/q-2;;;;;;;;;;;;;;;;;;;;;;;;;;;;;;;. The normalized spacial score (nSPS) is 4.31. The zero-order valence-electron chi connectivity index (χ0n) is 28.8. The summed E-state index contributed by atoms with van der Waals surface area (Å²) in [7, 11) is 0. The summed E-state index contributed by atoms with van der Waals surface area (Å²) in [5, 5.41) is 4.93. The van der Waals surface area contributed by atoms with Crippen LogP contribution in [-0.4, -0.2) is 0 Å². The van der Waals surface area contributed by atoms with Crippen LogP contribution in [-0.2, 0) is 1010 Å². The third-order valence-corrected chi connectivity index (χ3v) is 3.69. The fourth-order valence-electron chi connectivity index (χ4n) is 2.74. The largest absolute Gasteiger partial charge is 0.218 e. The summed E-state index contributed by atoms with van der Waals surface area (Å²) in [6.07, 6.45) is 0. The molecule has 0 saturated heterocycles. The van der Waals surface area contributed by atoms with Crippen molar-refractivity contribution in [2.24, 2.45) is 0 Å². The third-order valence-electron chi connectivity index (χ3n) is 3.69. The van der Waals surface area contributed by atoms with Crippen molar-refractivity contribution in [2.45, 2.75) is 0 Å². The molecule has 0 heterocycles. The van der Waals surface area contributed by atoms with Crippen LogP contribution in [0.15, 0.2) is 72.8 Å². The molecule has 4 aromatic carbocycles. The van der Waals surface area contributed by atoms with E-state index >= 15 is 0 Å². The molecule has 0 saturated carbocycles. The molecule has 0 aliphatic rings. The third kappa shape index (κ3) is 85.9. The van der Waals surface area contributed by atoms with Crippen LogP contribution in [0.25, 0.3) is 32.7 Å². The minimum atomic E-state index is 0. The Labute approximate surface area is 1090 Å². The van der Waals surface area contributed by atoms with Crippen LogP contribution in [0, 0.1) is 12.1 Å². The van der Waals surface area contributed by atoms with E-state index in [2.05, 4.69) is 72.8 Å². The van der Waals surface area contributed by atoms with E-state index in [4.69, 9.17) is 0 Å². The Morgan fingerprint density at radius 2 is 0.392 bits per heavy atom. The van der Waals surface area contributed by atoms with Gasteiger partial charge in [-0.15, -0.1) is 45.8 Å². The van der Waals surface area contributed by atoms with E-state index in [0.717, 1.165) is 11.1 Å². The molecule has 0 aliphatic carbocycles. The summed E-state index contributed by atoms with van der Waals surface area (Å²) < 4.78 is 0. The number of rotatable bonds is 1. The molecule has 0 bridgehead atoms. The van der Waals surface area contributed by atoms with Gasteiger partial charge < -0.3 is 0 Å². The fraction of sp³-hybridized carbons (Fsp3) is 0. The summed E-state index contributed by atoms with van der Waals surface area (Å²) >= 11 is 0. The Hall–Kier alpha value is 31.6. The van der Waals surface area contributed by atoms with Crippen LogP contribution in [0.1, 0.15) is 0 Å². The Morgan fingerprint density at radius 3 is 0.588 bits per heavy atom. The second-order valence-corrected chi connectivity index (χ2v) is 4.88. The number of benzene rings is 4. The van der Waals surface area contributed by atoms with Gasteiger partial charge in [-0.3, -0.25) is 0 Å². The molecule has 0 N–H and O–H groups in total. The van der Waals surface area contributed by atoms with Gasteiger partial charge >= 0.3 is 0 Å². The van der Waals surface area contributed by atoms with Gasteiger partial charge in [-0.25, -0.2) is 11.1 Å². The molecule has 0 amide bonds. The van der Waals surface area contributed by atoms with Gasteiger partial charge in [0, 0.05) is 1010 Å². The van der Waals surface area contributed by atoms with Crippen LogP contribution in [0.3, 0.4) is 0 Å². The van der Waals surface area contributed by atoms with Crippen LogP contribution in [0.4, 0.5) is 0 Å². The monoisotopic (exact) mass is 3010 g/mol. The van der Waals surface area contributed by atoms with E-state index in [-0.39, 0.29) is 1010 Å². The number of fused-ring (bicyclic) bond motifs is 2. The molecule has 187 valence electrons. The molecule has 0 unspecified atom stereocenters. The van der Waals surface area contributed by atoms with Gasteiger partial charge in [0.05, 0.1) is 0 Å². The van der Waals surface area contributed by atoms with E-state index in [0.29, 0.717) is 0 Å². The topological polar surface area (TPSA) is 0 Å². The molecule has 0 aliphatic heterocycles. The summed E-state index contributed by atoms with van der Waals surface area (Å²) in [4.78, 5) is 0. The maximum atomic E-state index is 3.39. The molecule has 0 atom stereocenters. The minimum absolute atomic E-state index is 0. The predicted molar refractivity (Wildman–Crippen MR) is 84.6 cm³/mol. The Balaban J connectivity index is -0.00000000656. The Morgan fingerprint density at radius 1 is 0.216 bits per heavy atom. The first kappa shape index (κ1) is 184. The first-order chi connectivity index (χ1) is 9.93. The van der Waals surface area contributed by atoms with Crippen LogP contribution in [0.5, 0.6) is 0 Å². The van der Waals surface area contributed by atoms with Gasteiger partial charge in [-0.05, 0) is 0 Å². The van der Waals surface area contributed by atoms with E-state index < -0.39 is 0 Å². The zero-order chi connectivity index (χ0) is 13.4. The molecule has 51 heavy (non-hydrogen) atoms. The average Bonchev–Trinajstić information content (AvgIpc) is 2.54. The molecule has 4 aromatic rings. The Bertz CT molecular complexity index is 865. The summed E-state index contributed by atoms with van der Waals surface area (Å²) in [5.41, 5.74) is 2.25. The number of hydrogen-bond donors (Lipinski definition) is 0. The van der Waals surface area contributed by atoms with Crippen molar-refractivity contribution in [1.82, 2.24) is 0 Å². The first-order valence-electron chi connectivity index (χ1n) is 6.73. The molecule has 0 aromatic heterocycles. The SMILES string of the molecule is [Y].[Y].[Y].[Y].[Y].[Y].[Y].[Y].[Y].[Y].[Y].[Y].[Y].[Y].[Y].[Y].[Y].[Y].[Y].[Y].[Y].[Y].[Y].[Y].[Y].[Y].[Y].[Y].[Y].[Y].[Y].[c-]1ccc2ccccc2c1-c1[c-]ccc2ccccc12. The second kappa shape index (κ2) is 131. The molecule has 31 heteroatoms. The molecular weight excluding hydrogens is 3000 g/mol. The molecule has 0 fully saturated rings. The van der Waals surface area contributed by atoms with Gasteiger partial charge in [0.1, 0.15) is 0 Å². The summed E-state index contributed by atoms with van der Waals surface area (Å²) in [6, 6.07) is 31.8. The zero-order valence-corrected chi connectivity index (χ0v) is 117.